The first-order valence-corrected chi connectivity index (χ1v) is 9.58. The highest BCUT2D eigenvalue weighted by atomic mass is 16.7. The predicted octanol–water partition coefficient (Wildman–Crippen LogP) is 3.85. The van der Waals surface area contributed by atoms with Crippen LogP contribution in [0.4, 0.5) is 5.82 Å². The van der Waals surface area contributed by atoms with E-state index in [1.54, 1.807) is 36.4 Å². The number of anilines is 1. The van der Waals surface area contributed by atoms with Crippen molar-refractivity contribution in [2.45, 2.75) is 18.3 Å². The molecule has 1 amide bonds. The molecule has 30 heavy (non-hydrogen) atoms. The molecular formula is C23H18N2O5. The molecular weight excluding hydrogens is 384 g/mol. The zero-order valence-corrected chi connectivity index (χ0v) is 15.9. The number of aromatic carboxylic acids is 1. The molecule has 0 spiro atoms. The van der Waals surface area contributed by atoms with Crippen molar-refractivity contribution >= 4 is 17.7 Å². The maximum absolute atomic E-state index is 13.1. The third-order valence-corrected chi connectivity index (χ3v) is 5.51. The number of rotatable bonds is 5. The number of carboxylic acid groups (broad SMARTS) is 1. The van der Waals surface area contributed by atoms with E-state index in [0.717, 1.165) is 18.4 Å². The molecule has 1 aromatic heterocycles. The summed E-state index contributed by atoms with van der Waals surface area (Å²) in [5.74, 6) is 0.647. The van der Waals surface area contributed by atoms with Gasteiger partial charge in [0.1, 0.15) is 5.82 Å². The molecule has 0 atom stereocenters. The summed E-state index contributed by atoms with van der Waals surface area (Å²) in [6, 6.07) is 17.4. The van der Waals surface area contributed by atoms with Crippen LogP contribution in [0, 0.1) is 0 Å². The van der Waals surface area contributed by atoms with Crippen LogP contribution in [0.15, 0.2) is 60.7 Å². The average Bonchev–Trinajstić information content (AvgIpc) is 3.45. The number of nitrogens with one attached hydrogen (secondary N) is 1. The number of benzene rings is 2. The summed E-state index contributed by atoms with van der Waals surface area (Å²) in [6.45, 7) is 0.192. The SMILES string of the molecule is O=C(O)c1cccc(-c2cccc(NC(=O)C3(c4ccc5c(c4)OCO5)CC3)n2)c1. The van der Waals surface area contributed by atoms with Crippen LogP contribution in [-0.4, -0.2) is 28.8 Å². The minimum atomic E-state index is -0.999. The lowest BCUT2D eigenvalue weighted by molar-refractivity contribution is -0.118. The van der Waals surface area contributed by atoms with Crippen molar-refractivity contribution < 1.29 is 24.2 Å². The molecule has 3 aromatic rings. The molecule has 2 aromatic carbocycles. The molecule has 2 aliphatic rings. The van der Waals surface area contributed by atoms with Gasteiger partial charge in [-0.05, 0) is 54.8 Å². The van der Waals surface area contributed by atoms with Crippen molar-refractivity contribution in [3.8, 4) is 22.8 Å². The summed E-state index contributed by atoms with van der Waals surface area (Å²) in [5, 5.41) is 12.1. The lowest BCUT2D eigenvalue weighted by Gasteiger charge is -2.16. The number of ether oxygens (including phenoxy) is 2. The summed E-state index contributed by atoms with van der Waals surface area (Å²) in [5.41, 5.74) is 1.74. The number of amides is 1. The Balaban J connectivity index is 1.39. The van der Waals surface area contributed by atoms with Gasteiger partial charge in [-0.3, -0.25) is 4.79 Å². The Morgan fingerprint density at radius 3 is 2.57 bits per heavy atom. The molecule has 7 heteroatoms. The van der Waals surface area contributed by atoms with Crippen LogP contribution >= 0.6 is 0 Å². The molecule has 1 fully saturated rings. The van der Waals surface area contributed by atoms with Gasteiger partial charge in [0.2, 0.25) is 12.7 Å². The molecule has 0 unspecified atom stereocenters. The van der Waals surface area contributed by atoms with Gasteiger partial charge in [-0.2, -0.15) is 0 Å². The Bertz CT molecular complexity index is 1170. The van der Waals surface area contributed by atoms with Crippen LogP contribution in [0.2, 0.25) is 0 Å². The number of hydrogen-bond acceptors (Lipinski definition) is 5. The van der Waals surface area contributed by atoms with E-state index in [9.17, 15) is 14.7 Å². The third kappa shape index (κ3) is 3.14. The standard InChI is InChI=1S/C23H18N2O5/c26-21(27)15-4-1-3-14(11-15)17-5-2-6-20(24-17)25-22(28)23(9-10-23)16-7-8-18-19(12-16)30-13-29-18/h1-8,11-12H,9-10,13H2,(H,26,27)(H,24,25,28). The van der Waals surface area contributed by atoms with Crippen LogP contribution in [0.25, 0.3) is 11.3 Å². The number of carboxylic acids is 1. The van der Waals surface area contributed by atoms with E-state index in [4.69, 9.17) is 9.47 Å². The minimum Gasteiger partial charge on any atom is -0.478 e. The smallest absolute Gasteiger partial charge is 0.335 e. The van der Waals surface area contributed by atoms with Gasteiger partial charge in [0.15, 0.2) is 11.5 Å². The number of nitrogens with zero attached hydrogens (tertiary/aromatic N) is 1. The molecule has 2 N–H and O–H groups in total. The summed E-state index contributed by atoms with van der Waals surface area (Å²) >= 11 is 0. The monoisotopic (exact) mass is 402 g/mol. The van der Waals surface area contributed by atoms with Crippen LogP contribution < -0.4 is 14.8 Å². The zero-order chi connectivity index (χ0) is 20.7. The van der Waals surface area contributed by atoms with E-state index in [0.29, 0.717) is 28.6 Å². The fourth-order valence-electron chi connectivity index (χ4n) is 3.68. The molecule has 150 valence electrons. The number of carbonyl (C=O) groups excluding carboxylic acids is 1. The van der Waals surface area contributed by atoms with Crippen LogP contribution in [-0.2, 0) is 10.2 Å². The molecule has 1 saturated carbocycles. The molecule has 1 aliphatic heterocycles. The van der Waals surface area contributed by atoms with Crippen molar-refractivity contribution in [1.82, 2.24) is 4.98 Å². The van der Waals surface area contributed by atoms with Gasteiger partial charge in [0.05, 0.1) is 16.7 Å². The van der Waals surface area contributed by atoms with Crippen LogP contribution in [0.1, 0.15) is 28.8 Å². The molecule has 5 rings (SSSR count). The quantitative estimate of drug-likeness (QED) is 0.673. The Labute approximate surface area is 172 Å². The van der Waals surface area contributed by atoms with Gasteiger partial charge in [0.25, 0.3) is 0 Å². The normalized spacial score (nSPS) is 15.5. The number of carbonyl (C=O) groups is 2. The van der Waals surface area contributed by atoms with E-state index in [2.05, 4.69) is 10.3 Å². The molecule has 0 saturated heterocycles. The van der Waals surface area contributed by atoms with Crippen molar-refractivity contribution in [2.75, 3.05) is 12.1 Å². The summed E-state index contributed by atoms with van der Waals surface area (Å²) in [6.07, 6.45) is 1.50. The van der Waals surface area contributed by atoms with Gasteiger partial charge >= 0.3 is 5.97 Å². The van der Waals surface area contributed by atoms with Crippen molar-refractivity contribution in [1.29, 1.82) is 0 Å². The summed E-state index contributed by atoms with van der Waals surface area (Å²) in [4.78, 5) is 28.8. The summed E-state index contributed by atoms with van der Waals surface area (Å²) in [7, 11) is 0. The second-order valence-corrected chi connectivity index (χ2v) is 7.40. The van der Waals surface area contributed by atoms with E-state index < -0.39 is 11.4 Å². The number of fused-ring (bicyclic) bond motifs is 1. The highest BCUT2D eigenvalue weighted by molar-refractivity contribution is 6.01. The van der Waals surface area contributed by atoms with Crippen molar-refractivity contribution in [3.63, 3.8) is 0 Å². The Kier molecular flexibility index (Phi) is 4.17. The number of hydrogen-bond donors (Lipinski definition) is 2. The maximum Gasteiger partial charge on any atom is 0.335 e. The highest BCUT2D eigenvalue weighted by Crippen LogP contribution is 2.51. The van der Waals surface area contributed by atoms with Crippen molar-refractivity contribution in [3.05, 3.63) is 71.8 Å². The average molecular weight is 402 g/mol. The molecule has 1 aliphatic carbocycles. The maximum atomic E-state index is 13.1. The fraction of sp³-hybridized carbons (Fsp3) is 0.174. The zero-order valence-electron chi connectivity index (χ0n) is 15.9. The first kappa shape index (κ1) is 18.2. The lowest BCUT2D eigenvalue weighted by Crippen LogP contribution is -2.28. The number of aromatic nitrogens is 1. The molecule has 2 heterocycles. The largest absolute Gasteiger partial charge is 0.478 e. The minimum absolute atomic E-state index is 0.120. The molecule has 0 radical (unpaired) electrons. The van der Waals surface area contributed by atoms with Gasteiger partial charge in [-0.1, -0.05) is 24.3 Å². The second-order valence-electron chi connectivity index (χ2n) is 7.40. The van der Waals surface area contributed by atoms with Crippen LogP contribution in [0.3, 0.4) is 0 Å². The Morgan fingerprint density at radius 2 is 1.77 bits per heavy atom. The molecule has 0 bridgehead atoms. The van der Waals surface area contributed by atoms with E-state index in [-0.39, 0.29) is 18.3 Å². The number of pyridine rings is 1. The molecule has 7 nitrogen and oxygen atoms in total. The van der Waals surface area contributed by atoms with Gasteiger partial charge < -0.3 is 19.9 Å². The van der Waals surface area contributed by atoms with Crippen LogP contribution in [0.5, 0.6) is 11.5 Å². The lowest BCUT2D eigenvalue weighted by atomic mass is 9.94. The van der Waals surface area contributed by atoms with E-state index in [1.165, 1.54) is 6.07 Å². The Morgan fingerprint density at radius 1 is 0.967 bits per heavy atom. The fourth-order valence-corrected chi connectivity index (χ4v) is 3.68. The Hall–Kier alpha value is -3.87. The van der Waals surface area contributed by atoms with Gasteiger partial charge in [-0.15, -0.1) is 0 Å². The van der Waals surface area contributed by atoms with E-state index in [1.807, 2.05) is 18.2 Å². The third-order valence-electron chi connectivity index (χ3n) is 5.51. The summed E-state index contributed by atoms with van der Waals surface area (Å²) < 4.78 is 10.8. The second kappa shape index (κ2) is 6.88. The van der Waals surface area contributed by atoms with Crippen molar-refractivity contribution in [2.24, 2.45) is 0 Å². The first-order chi connectivity index (χ1) is 14.5. The highest BCUT2D eigenvalue weighted by Gasteiger charge is 2.51. The topological polar surface area (TPSA) is 97.8 Å². The predicted molar refractivity (Wildman–Crippen MR) is 109 cm³/mol. The van der Waals surface area contributed by atoms with E-state index >= 15 is 0 Å². The van der Waals surface area contributed by atoms with Gasteiger partial charge in [-0.25, -0.2) is 9.78 Å². The van der Waals surface area contributed by atoms with Gasteiger partial charge in [0, 0.05) is 5.56 Å². The first-order valence-electron chi connectivity index (χ1n) is 9.58.